The fourth-order valence-electron chi connectivity index (χ4n) is 2.51. The average Bonchev–Trinajstić information content (AvgIpc) is 2.70. The summed E-state index contributed by atoms with van der Waals surface area (Å²) in [6.07, 6.45) is 1.78. The highest BCUT2D eigenvalue weighted by Gasteiger charge is 2.35. The van der Waals surface area contributed by atoms with E-state index in [0.717, 1.165) is 12.8 Å². The highest BCUT2D eigenvalue weighted by Crippen LogP contribution is 2.33. The minimum atomic E-state index is -3.52. The number of halogens is 2. The maximum atomic E-state index is 12.6. The van der Waals surface area contributed by atoms with E-state index in [1.807, 2.05) is 6.92 Å². The topological polar surface area (TPSA) is 50.5 Å². The summed E-state index contributed by atoms with van der Waals surface area (Å²) in [4.78, 5) is 0.171. The lowest BCUT2D eigenvalue weighted by molar-refractivity contribution is 0.220. The van der Waals surface area contributed by atoms with Gasteiger partial charge in [-0.2, -0.15) is 4.31 Å². The zero-order valence-corrected chi connectivity index (χ0v) is 14.1. The third kappa shape index (κ3) is 3.01. The molecule has 4 nitrogen and oxygen atoms in total. The molecule has 2 atom stereocenters. The fraction of sp³-hybridized carbons (Fsp3) is 0.667. The number of furan rings is 1. The minimum absolute atomic E-state index is 0.00926. The van der Waals surface area contributed by atoms with Gasteiger partial charge in [0.15, 0.2) is 4.67 Å². The normalized spacial score (nSPS) is 25.7. The average molecular weight is 371 g/mol. The third-order valence-electron chi connectivity index (χ3n) is 3.50. The number of piperidine rings is 1. The van der Waals surface area contributed by atoms with Crippen LogP contribution < -0.4 is 0 Å². The molecule has 2 unspecified atom stereocenters. The number of sulfonamides is 1. The molecule has 7 heteroatoms. The summed E-state index contributed by atoms with van der Waals surface area (Å²) in [5, 5.41) is 0. The van der Waals surface area contributed by atoms with Crippen LogP contribution in [0.5, 0.6) is 0 Å². The second-order valence-electron chi connectivity index (χ2n) is 5.08. The molecule has 0 spiro atoms. The summed E-state index contributed by atoms with van der Waals surface area (Å²) in [6, 6.07) is 1.51. The van der Waals surface area contributed by atoms with Crippen LogP contribution in [-0.4, -0.2) is 25.3 Å². The van der Waals surface area contributed by atoms with Crippen LogP contribution in [-0.2, 0) is 15.9 Å². The van der Waals surface area contributed by atoms with Crippen LogP contribution in [0.1, 0.15) is 32.4 Å². The van der Waals surface area contributed by atoms with Gasteiger partial charge >= 0.3 is 0 Å². The fourth-order valence-corrected chi connectivity index (χ4v) is 5.26. The van der Waals surface area contributed by atoms with Crippen molar-refractivity contribution in [1.82, 2.24) is 4.31 Å². The lowest BCUT2D eigenvalue weighted by Gasteiger charge is -2.35. The molecule has 0 N–H and O–H groups in total. The smallest absolute Gasteiger partial charge is 0.247 e. The predicted molar refractivity (Wildman–Crippen MR) is 77.7 cm³/mol. The zero-order valence-electron chi connectivity index (χ0n) is 10.9. The summed E-state index contributed by atoms with van der Waals surface area (Å²) >= 11 is 8.83. The van der Waals surface area contributed by atoms with Gasteiger partial charge in [0.2, 0.25) is 10.0 Å². The molecule has 2 rings (SSSR count). The number of nitrogens with zero attached hydrogens (tertiary/aromatic N) is 1. The van der Waals surface area contributed by atoms with Gasteiger partial charge in [0.1, 0.15) is 10.7 Å². The Bertz CT molecular complexity index is 557. The Hall–Kier alpha value is -0.0400. The van der Waals surface area contributed by atoms with Gasteiger partial charge in [-0.05, 0) is 41.6 Å². The molecule has 108 valence electrons. The van der Waals surface area contributed by atoms with Crippen LogP contribution in [0.15, 0.2) is 20.0 Å². The first-order chi connectivity index (χ1) is 8.86. The second kappa shape index (κ2) is 5.76. The van der Waals surface area contributed by atoms with Crippen molar-refractivity contribution >= 4 is 37.6 Å². The molecule has 1 saturated heterocycles. The number of alkyl halides is 1. The van der Waals surface area contributed by atoms with Gasteiger partial charge in [-0.15, -0.1) is 11.6 Å². The lowest BCUT2D eigenvalue weighted by atomic mass is 9.95. The summed E-state index contributed by atoms with van der Waals surface area (Å²) in [5.74, 6) is 1.17. The maximum absolute atomic E-state index is 12.6. The molecule has 1 aromatic heterocycles. The Balaban J connectivity index is 2.34. The summed E-state index contributed by atoms with van der Waals surface area (Å²) in [7, 11) is -3.52. The number of hydrogen-bond donors (Lipinski definition) is 0. The standard InChI is InChI=1S/C12H17BrClNO3S/c1-8-3-4-15(9(2)5-8)19(16,17)11-6-10(7-14)18-12(11)13/h6,8-9H,3-5,7H2,1-2H3. The Morgan fingerprint density at radius 3 is 2.74 bits per heavy atom. The first-order valence-electron chi connectivity index (χ1n) is 6.22. The summed E-state index contributed by atoms with van der Waals surface area (Å²) in [5.41, 5.74) is 0. The Morgan fingerprint density at radius 1 is 1.53 bits per heavy atom. The monoisotopic (exact) mass is 369 g/mol. The molecule has 1 aliphatic rings. The van der Waals surface area contributed by atoms with Crippen LogP contribution >= 0.6 is 27.5 Å². The van der Waals surface area contributed by atoms with Gasteiger partial charge in [0.05, 0.1) is 5.88 Å². The second-order valence-corrected chi connectivity index (χ2v) is 7.93. The predicted octanol–water partition coefficient (Wildman–Crippen LogP) is 3.59. The van der Waals surface area contributed by atoms with Gasteiger partial charge in [-0.1, -0.05) is 6.92 Å². The van der Waals surface area contributed by atoms with Crippen molar-refractivity contribution in [2.45, 2.75) is 43.5 Å². The van der Waals surface area contributed by atoms with Gasteiger partial charge < -0.3 is 4.42 Å². The van der Waals surface area contributed by atoms with Crippen molar-refractivity contribution in [3.8, 4) is 0 Å². The largest absolute Gasteiger partial charge is 0.452 e. The quantitative estimate of drug-likeness (QED) is 0.764. The lowest BCUT2D eigenvalue weighted by Crippen LogP contribution is -2.44. The highest BCUT2D eigenvalue weighted by molar-refractivity contribution is 9.10. The van der Waals surface area contributed by atoms with Crippen LogP contribution in [0.4, 0.5) is 0 Å². The van der Waals surface area contributed by atoms with Crippen molar-refractivity contribution < 1.29 is 12.8 Å². The van der Waals surface area contributed by atoms with Crippen molar-refractivity contribution in [3.05, 3.63) is 16.5 Å². The van der Waals surface area contributed by atoms with E-state index in [1.54, 1.807) is 4.31 Å². The van der Waals surface area contributed by atoms with Crippen molar-refractivity contribution in [1.29, 1.82) is 0 Å². The number of hydrogen-bond acceptors (Lipinski definition) is 3. The molecule has 0 amide bonds. The van der Waals surface area contributed by atoms with Gasteiger partial charge in [-0.25, -0.2) is 8.42 Å². The van der Waals surface area contributed by atoms with Crippen LogP contribution in [0.25, 0.3) is 0 Å². The van der Waals surface area contributed by atoms with Crippen molar-refractivity contribution in [2.24, 2.45) is 5.92 Å². The van der Waals surface area contributed by atoms with Crippen molar-refractivity contribution in [2.75, 3.05) is 6.54 Å². The molecule has 0 bridgehead atoms. The number of rotatable bonds is 3. The van der Waals surface area contributed by atoms with Gasteiger partial charge in [0.25, 0.3) is 0 Å². The SMILES string of the molecule is CC1CCN(S(=O)(=O)c2cc(CCl)oc2Br)C(C)C1. The van der Waals surface area contributed by atoms with Crippen molar-refractivity contribution in [3.63, 3.8) is 0 Å². The molecule has 19 heavy (non-hydrogen) atoms. The molecule has 1 fully saturated rings. The molecule has 0 aliphatic carbocycles. The molecule has 0 saturated carbocycles. The van der Waals surface area contributed by atoms with Crippen LogP contribution in [0.2, 0.25) is 0 Å². The third-order valence-corrected chi connectivity index (χ3v) is 6.64. The molecular weight excluding hydrogens is 354 g/mol. The maximum Gasteiger partial charge on any atom is 0.247 e. The van der Waals surface area contributed by atoms with E-state index in [2.05, 4.69) is 22.9 Å². The van der Waals surface area contributed by atoms with E-state index >= 15 is 0 Å². The Labute approximate surface area is 127 Å². The van der Waals surface area contributed by atoms with E-state index < -0.39 is 10.0 Å². The molecule has 0 radical (unpaired) electrons. The van der Waals surface area contributed by atoms with E-state index in [1.165, 1.54) is 6.07 Å². The molecule has 1 aromatic rings. The summed E-state index contributed by atoms with van der Waals surface area (Å²) in [6.45, 7) is 4.65. The molecular formula is C12H17BrClNO3S. The van der Waals surface area contributed by atoms with Crippen LogP contribution in [0, 0.1) is 5.92 Å². The Morgan fingerprint density at radius 2 is 2.21 bits per heavy atom. The van der Waals surface area contributed by atoms with E-state index in [0.29, 0.717) is 18.2 Å². The van der Waals surface area contributed by atoms with Gasteiger partial charge in [0, 0.05) is 18.7 Å². The summed E-state index contributed by atoms with van der Waals surface area (Å²) < 4.78 is 32.4. The van der Waals surface area contributed by atoms with E-state index in [-0.39, 0.29) is 21.5 Å². The molecule has 1 aliphatic heterocycles. The highest BCUT2D eigenvalue weighted by atomic mass is 79.9. The molecule has 0 aromatic carbocycles. The zero-order chi connectivity index (χ0) is 14.2. The minimum Gasteiger partial charge on any atom is -0.452 e. The first-order valence-corrected chi connectivity index (χ1v) is 8.99. The first kappa shape index (κ1) is 15.4. The van der Waals surface area contributed by atoms with E-state index in [9.17, 15) is 8.42 Å². The Kier molecular flexibility index (Phi) is 4.65. The van der Waals surface area contributed by atoms with Gasteiger partial charge in [-0.3, -0.25) is 0 Å². The molecule has 2 heterocycles. The van der Waals surface area contributed by atoms with Crippen LogP contribution in [0.3, 0.4) is 0 Å². The van der Waals surface area contributed by atoms with E-state index in [4.69, 9.17) is 16.0 Å².